The van der Waals surface area contributed by atoms with E-state index in [9.17, 15) is 9.59 Å². The summed E-state index contributed by atoms with van der Waals surface area (Å²) in [5.74, 6) is -0.0712. The standard InChI is InChI=1S/C22H30N2O4/c1-4-27-21(26)22(10-7-11-24(15-22)14-17(3)25)13-18-12-20(23-28-18)19-9-6-5-8-16(19)2/h5-6,8-9,18H,4,7,10-15H2,1-3H3. The predicted molar refractivity (Wildman–Crippen MR) is 107 cm³/mol. The van der Waals surface area contributed by atoms with Crippen LogP contribution < -0.4 is 0 Å². The van der Waals surface area contributed by atoms with E-state index in [0.29, 0.717) is 32.5 Å². The quantitative estimate of drug-likeness (QED) is 0.674. The zero-order chi connectivity index (χ0) is 20.1. The van der Waals surface area contributed by atoms with Crippen molar-refractivity contribution in [1.29, 1.82) is 0 Å². The molecule has 152 valence electrons. The van der Waals surface area contributed by atoms with Crippen molar-refractivity contribution in [2.75, 3.05) is 26.2 Å². The molecule has 1 aromatic carbocycles. The third-order valence-corrected chi connectivity index (χ3v) is 5.62. The van der Waals surface area contributed by atoms with Crippen molar-refractivity contribution in [2.45, 2.75) is 52.6 Å². The van der Waals surface area contributed by atoms with Gasteiger partial charge in [0.1, 0.15) is 11.9 Å². The molecule has 0 aromatic heterocycles. The molecular weight excluding hydrogens is 356 g/mol. The highest BCUT2D eigenvalue weighted by Gasteiger charge is 2.46. The van der Waals surface area contributed by atoms with Gasteiger partial charge in [0, 0.05) is 24.9 Å². The molecule has 6 heteroatoms. The molecule has 2 unspecified atom stereocenters. The number of nitrogens with zero attached hydrogens (tertiary/aromatic N) is 2. The molecule has 0 spiro atoms. The van der Waals surface area contributed by atoms with Gasteiger partial charge >= 0.3 is 5.97 Å². The molecule has 6 nitrogen and oxygen atoms in total. The number of ether oxygens (including phenoxy) is 1. The number of benzene rings is 1. The Bertz CT molecular complexity index is 761. The van der Waals surface area contributed by atoms with Crippen LogP contribution in [0.25, 0.3) is 0 Å². The molecule has 0 bridgehead atoms. The van der Waals surface area contributed by atoms with E-state index >= 15 is 0 Å². The lowest BCUT2D eigenvalue weighted by molar-refractivity contribution is -0.162. The normalized spacial score (nSPS) is 25.1. The number of esters is 1. The zero-order valence-corrected chi connectivity index (χ0v) is 17.1. The van der Waals surface area contributed by atoms with Gasteiger partial charge in [0.15, 0.2) is 0 Å². The summed E-state index contributed by atoms with van der Waals surface area (Å²) in [4.78, 5) is 32.3. The third-order valence-electron chi connectivity index (χ3n) is 5.62. The highest BCUT2D eigenvalue weighted by molar-refractivity contribution is 6.02. The van der Waals surface area contributed by atoms with Crippen molar-refractivity contribution in [3.8, 4) is 0 Å². The largest absolute Gasteiger partial charge is 0.466 e. The van der Waals surface area contributed by atoms with Crippen LogP contribution in [-0.4, -0.2) is 54.7 Å². The minimum Gasteiger partial charge on any atom is -0.466 e. The molecule has 2 atom stereocenters. The first-order valence-electron chi connectivity index (χ1n) is 10.1. The highest BCUT2D eigenvalue weighted by atomic mass is 16.6. The highest BCUT2D eigenvalue weighted by Crippen LogP contribution is 2.39. The Balaban J connectivity index is 1.73. The molecule has 0 aliphatic carbocycles. The number of hydrogen-bond acceptors (Lipinski definition) is 6. The Hall–Kier alpha value is -2.21. The van der Waals surface area contributed by atoms with Gasteiger partial charge in [-0.15, -0.1) is 0 Å². The van der Waals surface area contributed by atoms with E-state index in [1.807, 2.05) is 19.1 Å². The first-order chi connectivity index (χ1) is 13.4. The molecule has 28 heavy (non-hydrogen) atoms. The molecule has 0 radical (unpaired) electrons. The molecule has 2 aliphatic rings. The molecule has 2 aliphatic heterocycles. The monoisotopic (exact) mass is 386 g/mol. The van der Waals surface area contributed by atoms with Crippen molar-refractivity contribution in [2.24, 2.45) is 10.6 Å². The third kappa shape index (κ3) is 4.61. The lowest BCUT2D eigenvalue weighted by Crippen LogP contribution is -2.51. The Kier molecular flexibility index (Phi) is 6.50. The average Bonchev–Trinajstić information content (AvgIpc) is 3.10. The molecule has 0 N–H and O–H groups in total. The average molecular weight is 386 g/mol. The van der Waals surface area contributed by atoms with E-state index in [4.69, 9.17) is 9.57 Å². The molecule has 2 heterocycles. The van der Waals surface area contributed by atoms with E-state index in [1.165, 1.54) is 0 Å². The van der Waals surface area contributed by atoms with Gasteiger partial charge in [-0.1, -0.05) is 29.4 Å². The number of Topliss-reactive ketones (excluding diaryl/α,β-unsaturated/α-hetero) is 1. The first-order valence-corrected chi connectivity index (χ1v) is 10.1. The minimum atomic E-state index is -0.648. The number of carbonyl (C=O) groups excluding carboxylic acids is 2. The number of aryl methyl sites for hydroxylation is 1. The van der Waals surface area contributed by atoms with Crippen molar-refractivity contribution >= 4 is 17.5 Å². The Morgan fingerprint density at radius 2 is 2.14 bits per heavy atom. The minimum absolute atomic E-state index is 0.113. The van der Waals surface area contributed by atoms with Crippen molar-refractivity contribution in [3.05, 3.63) is 35.4 Å². The molecule has 0 saturated carbocycles. The summed E-state index contributed by atoms with van der Waals surface area (Å²) in [6.07, 6.45) is 2.69. The van der Waals surface area contributed by atoms with Gasteiger partial charge in [-0.05, 0) is 45.7 Å². The van der Waals surface area contributed by atoms with Crippen LogP contribution in [0.4, 0.5) is 0 Å². The predicted octanol–water partition coefficient (Wildman–Crippen LogP) is 3.11. The summed E-state index contributed by atoms with van der Waals surface area (Å²) >= 11 is 0. The number of hydrogen-bond donors (Lipinski definition) is 0. The van der Waals surface area contributed by atoms with Crippen LogP contribution in [-0.2, 0) is 19.2 Å². The fraction of sp³-hybridized carbons (Fsp3) is 0.591. The van der Waals surface area contributed by atoms with Gasteiger partial charge in [-0.3, -0.25) is 14.5 Å². The summed E-state index contributed by atoms with van der Waals surface area (Å²) in [6, 6.07) is 8.12. The van der Waals surface area contributed by atoms with Gasteiger partial charge in [-0.2, -0.15) is 0 Å². The number of likely N-dealkylation sites (tertiary alicyclic amines) is 1. The van der Waals surface area contributed by atoms with Crippen LogP contribution in [0.3, 0.4) is 0 Å². The van der Waals surface area contributed by atoms with Crippen LogP contribution in [0.2, 0.25) is 0 Å². The zero-order valence-electron chi connectivity index (χ0n) is 17.1. The fourth-order valence-corrected chi connectivity index (χ4v) is 4.41. The molecule has 1 fully saturated rings. The number of carbonyl (C=O) groups is 2. The van der Waals surface area contributed by atoms with E-state index < -0.39 is 5.41 Å². The molecule has 1 saturated heterocycles. The van der Waals surface area contributed by atoms with Gasteiger partial charge in [0.25, 0.3) is 0 Å². The maximum Gasteiger partial charge on any atom is 0.313 e. The Morgan fingerprint density at radius 1 is 1.36 bits per heavy atom. The Labute approximate surface area is 166 Å². The fourth-order valence-electron chi connectivity index (χ4n) is 4.41. The van der Waals surface area contributed by atoms with Crippen molar-refractivity contribution in [1.82, 2.24) is 4.90 Å². The van der Waals surface area contributed by atoms with Gasteiger partial charge < -0.3 is 9.57 Å². The summed E-state index contributed by atoms with van der Waals surface area (Å²) in [7, 11) is 0. The van der Waals surface area contributed by atoms with Crippen LogP contribution in [0.1, 0.15) is 50.7 Å². The molecule has 3 rings (SSSR count). The van der Waals surface area contributed by atoms with E-state index in [0.717, 1.165) is 36.2 Å². The molecule has 0 amide bonds. The smallest absolute Gasteiger partial charge is 0.313 e. The van der Waals surface area contributed by atoms with Crippen LogP contribution in [0, 0.1) is 12.3 Å². The van der Waals surface area contributed by atoms with Gasteiger partial charge in [0.2, 0.25) is 0 Å². The number of rotatable bonds is 7. The molecular formula is C22H30N2O4. The second-order valence-corrected chi connectivity index (χ2v) is 8.01. The van der Waals surface area contributed by atoms with Crippen LogP contribution >= 0.6 is 0 Å². The summed E-state index contributed by atoms with van der Waals surface area (Å²) in [6.45, 7) is 7.56. The lowest BCUT2D eigenvalue weighted by atomic mass is 9.74. The summed E-state index contributed by atoms with van der Waals surface area (Å²) < 4.78 is 5.44. The van der Waals surface area contributed by atoms with Crippen molar-refractivity contribution in [3.63, 3.8) is 0 Å². The number of ketones is 1. The van der Waals surface area contributed by atoms with Gasteiger partial charge in [-0.25, -0.2) is 0 Å². The summed E-state index contributed by atoms with van der Waals surface area (Å²) in [5, 5.41) is 4.31. The maximum absolute atomic E-state index is 12.9. The van der Waals surface area contributed by atoms with Gasteiger partial charge in [0.05, 0.1) is 24.3 Å². The topological polar surface area (TPSA) is 68.2 Å². The van der Waals surface area contributed by atoms with E-state index in [-0.39, 0.29) is 17.9 Å². The lowest BCUT2D eigenvalue weighted by Gasteiger charge is -2.41. The maximum atomic E-state index is 12.9. The second kappa shape index (κ2) is 8.86. The molecule has 1 aromatic rings. The number of piperidine rings is 1. The van der Waals surface area contributed by atoms with E-state index in [1.54, 1.807) is 6.92 Å². The van der Waals surface area contributed by atoms with Crippen LogP contribution in [0.5, 0.6) is 0 Å². The number of oxime groups is 1. The van der Waals surface area contributed by atoms with Crippen molar-refractivity contribution < 1.29 is 19.2 Å². The first kappa shape index (κ1) is 20.5. The summed E-state index contributed by atoms with van der Waals surface area (Å²) in [5.41, 5.74) is 2.54. The van der Waals surface area contributed by atoms with E-state index in [2.05, 4.69) is 29.1 Å². The second-order valence-electron chi connectivity index (χ2n) is 8.01. The SMILES string of the molecule is CCOC(=O)C1(CC2CC(c3ccccc3C)=NO2)CCCN(CC(C)=O)C1. The van der Waals surface area contributed by atoms with Crippen LogP contribution in [0.15, 0.2) is 29.4 Å². The Morgan fingerprint density at radius 3 is 2.86 bits per heavy atom.